The number of esters is 2. The van der Waals surface area contributed by atoms with Crippen molar-refractivity contribution >= 4 is 11.9 Å². The second-order valence-corrected chi connectivity index (χ2v) is 5.62. The van der Waals surface area contributed by atoms with Crippen molar-refractivity contribution in [3.8, 4) is 0 Å². The molecule has 0 aliphatic carbocycles. The molecule has 0 unspecified atom stereocenters. The SMILES string of the molecule is C=C(C)C[C@H](C)CCOC(=O)[C@@H](OC(C)=O)c1ccccc1. The van der Waals surface area contributed by atoms with E-state index in [4.69, 9.17) is 9.47 Å². The minimum Gasteiger partial charge on any atom is -0.463 e. The van der Waals surface area contributed by atoms with Crippen LogP contribution in [0.25, 0.3) is 0 Å². The Morgan fingerprint density at radius 1 is 1.18 bits per heavy atom. The van der Waals surface area contributed by atoms with Crippen molar-refractivity contribution in [1.29, 1.82) is 0 Å². The van der Waals surface area contributed by atoms with Gasteiger partial charge in [-0.3, -0.25) is 4.79 Å². The lowest BCUT2D eigenvalue weighted by atomic mass is 10.0. The minimum atomic E-state index is -1.00. The third-order valence-corrected chi connectivity index (χ3v) is 3.15. The number of ether oxygens (including phenoxy) is 2. The number of hydrogen-bond donors (Lipinski definition) is 0. The zero-order chi connectivity index (χ0) is 16.5. The summed E-state index contributed by atoms with van der Waals surface area (Å²) in [6.45, 7) is 9.52. The van der Waals surface area contributed by atoms with E-state index in [9.17, 15) is 9.59 Å². The molecule has 1 aromatic rings. The van der Waals surface area contributed by atoms with Crippen molar-refractivity contribution in [2.75, 3.05) is 6.61 Å². The monoisotopic (exact) mass is 304 g/mol. The Morgan fingerprint density at radius 3 is 2.36 bits per heavy atom. The number of hydrogen-bond acceptors (Lipinski definition) is 4. The Labute approximate surface area is 132 Å². The molecule has 22 heavy (non-hydrogen) atoms. The lowest BCUT2D eigenvalue weighted by molar-refractivity contribution is -0.167. The normalized spacial score (nSPS) is 13.0. The molecule has 4 nitrogen and oxygen atoms in total. The van der Waals surface area contributed by atoms with E-state index in [0.717, 1.165) is 18.4 Å². The molecular formula is C18H24O4. The summed E-state index contributed by atoms with van der Waals surface area (Å²) in [6, 6.07) is 8.87. The Morgan fingerprint density at radius 2 is 1.82 bits per heavy atom. The number of allylic oxidation sites excluding steroid dienone is 1. The highest BCUT2D eigenvalue weighted by Crippen LogP contribution is 2.20. The van der Waals surface area contributed by atoms with Crippen LogP contribution in [0.5, 0.6) is 0 Å². The highest BCUT2D eigenvalue weighted by molar-refractivity contribution is 5.80. The van der Waals surface area contributed by atoms with Crippen molar-refractivity contribution in [2.45, 2.75) is 39.7 Å². The van der Waals surface area contributed by atoms with Gasteiger partial charge in [0.15, 0.2) is 0 Å². The van der Waals surface area contributed by atoms with Crippen LogP contribution in [0.2, 0.25) is 0 Å². The average Bonchev–Trinajstić information content (AvgIpc) is 2.44. The third kappa shape index (κ3) is 6.57. The van der Waals surface area contributed by atoms with Crippen LogP contribution < -0.4 is 0 Å². The highest BCUT2D eigenvalue weighted by Gasteiger charge is 2.25. The van der Waals surface area contributed by atoms with Crippen molar-refractivity contribution in [1.82, 2.24) is 0 Å². The van der Waals surface area contributed by atoms with Gasteiger partial charge in [0.1, 0.15) is 0 Å². The lowest BCUT2D eigenvalue weighted by Gasteiger charge is -2.17. The average molecular weight is 304 g/mol. The fourth-order valence-corrected chi connectivity index (χ4v) is 2.18. The first-order valence-electron chi connectivity index (χ1n) is 7.43. The van der Waals surface area contributed by atoms with Crippen molar-refractivity contribution in [3.05, 3.63) is 48.0 Å². The van der Waals surface area contributed by atoms with Crippen LogP contribution in [-0.4, -0.2) is 18.5 Å². The van der Waals surface area contributed by atoms with Crippen LogP contribution >= 0.6 is 0 Å². The van der Waals surface area contributed by atoms with Crippen LogP contribution in [0.4, 0.5) is 0 Å². The molecule has 0 spiro atoms. The van der Waals surface area contributed by atoms with E-state index in [-0.39, 0.29) is 0 Å². The van der Waals surface area contributed by atoms with Gasteiger partial charge in [-0.1, -0.05) is 42.8 Å². The van der Waals surface area contributed by atoms with Gasteiger partial charge in [-0.25, -0.2) is 4.79 Å². The van der Waals surface area contributed by atoms with Crippen molar-refractivity contribution in [3.63, 3.8) is 0 Å². The number of carbonyl (C=O) groups excluding carboxylic acids is 2. The van der Waals surface area contributed by atoms with Gasteiger partial charge in [0.2, 0.25) is 6.10 Å². The summed E-state index contributed by atoms with van der Waals surface area (Å²) < 4.78 is 10.4. The number of carbonyl (C=O) groups is 2. The molecule has 0 saturated carbocycles. The number of benzene rings is 1. The summed E-state index contributed by atoms with van der Waals surface area (Å²) in [5.74, 6) is -0.653. The predicted octanol–water partition coefficient (Wildman–Crippen LogP) is 3.83. The molecule has 0 bridgehead atoms. The quantitative estimate of drug-likeness (QED) is 0.541. The molecular weight excluding hydrogens is 280 g/mol. The van der Waals surface area contributed by atoms with Crippen molar-refractivity contribution < 1.29 is 19.1 Å². The predicted molar refractivity (Wildman–Crippen MR) is 85.1 cm³/mol. The topological polar surface area (TPSA) is 52.6 Å². The van der Waals surface area contributed by atoms with E-state index in [1.807, 2.05) is 13.0 Å². The fraction of sp³-hybridized carbons (Fsp3) is 0.444. The minimum absolute atomic E-state index is 0.303. The largest absolute Gasteiger partial charge is 0.463 e. The maximum atomic E-state index is 12.2. The molecule has 0 N–H and O–H groups in total. The second-order valence-electron chi connectivity index (χ2n) is 5.62. The molecule has 1 rings (SSSR count). The zero-order valence-electron chi connectivity index (χ0n) is 13.5. The van der Waals surface area contributed by atoms with Gasteiger partial charge in [0.25, 0.3) is 0 Å². The van der Waals surface area contributed by atoms with Gasteiger partial charge >= 0.3 is 11.9 Å². The molecule has 4 heteroatoms. The third-order valence-electron chi connectivity index (χ3n) is 3.15. The molecule has 1 aromatic carbocycles. The van der Waals surface area contributed by atoms with Gasteiger partial charge in [-0.2, -0.15) is 0 Å². The molecule has 0 aliphatic heterocycles. The van der Waals surface area contributed by atoms with E-state index >= 15 is 0 Å². The van der Waals surface area contributed by atoms with E-state index in [1.54, 1.807) is 24.3 Å². The molecule has 0 amide bonds. The fourth-order valence-electron chi connectivity index (χ4n) is 2.18. The van der Waals surface area contributed by atoms with Crippen molar-refractivity contribution in [2.24, 2.45) is 5.92 Å². The maximum Gasteiger partial charge on any atom is 0.352 e. The molecule has 0 saturated heterocycles. The summed E-state index contributed by atoms with van der Waals surface area (Å²) >= 11 is 0. The van der Waals surface area contributed by atoms with Gasteiger partial charge in [0.05, 0.1) is 6.61 Å². The molecule has 0 radical (unpaired) electrons. The Hall–Kier alpha value is -2.10. The van der Waals surface area contributed by atoms with E-state index in [0.29, 0.717) is 18.1 Å². The van der Waals surface area contributed by atoms with Crippen LogP contribution in [0.3, 0.4) is 0 Å². The molecule has 120 valence electrons. The van der Waals surface area contributed by atoms with Gasteiger partial charge in [-0.15, -0.1) is 6.58 Å². The summed E-state index contributed by atoms with van der Waals surface area (Å²) in [4.78, 5) is 23.4. The first kappa shape index (κ1) is 18.0. The second kappa shape index (κ2) is 9.03. The summed E-state index contributed by atoms with van der Waals surface area (Å²) in [5, 5.41) is 0. The summed E-state index contributed by atoms with van der Waals surface area (Å²) in [5.41, 5.74) is 1.72. The standard InChI is InChI=1S/C18H24O4/c1-13(2)12-14(3)10-11-21-18(20)17(22-15(4)19)16-8-6-5-7-9-16/h5-9,14,17H,1,10-12H2,2-4H3/t14-,17+/m1/s1. The van der Waals surface area contributed by atoms with E-state index in [2.05, 4.69) is 13.5 Å². The van der Waals surface area contributed by atoms with Crippen LogP contribution in [0, 0.1) is 5.92 Å². The molecule has 2 atom stereocenters. The van der Waals surface area contributed by atoms with Gasteiger partial charge in [-0.05, 0) is 25.7 Å². The van der Waals surface area contributed by atoms with Crippen LogP contribution in [0.1, 0.15) is 45.3 Å². The number of rotatable bonds is 8. The highest BCUT2D eigenvalue weighted by atomic mass is 16.6. The maximum absolute atomic E-state index is 12.2. The first-order valence-corrected chi connectivity index (χ1v) is 7.43. The smallest absolute Gasteiger partial charge is 0.352 e. The van der Waals surface area contributed by atoms with E-state index < -0.39 is 18.0 Å². The Bertz CT molecular complexity index is 507. The first-order chi connectivity index (χ1) is 10.4. The zero-order valence-corrected chi connectivity index (χ0v) is 13.5. The van der Waals surface area contributed by atoms with E-state index in [1.165, 1.54) is 6.92 Å². The van der Waals surface area contributed by atoms with Gasteiger partial charge in [0, 0.05) is 12.5 Å². The Balaban J connectivity index is 2.58. The lowest BCUT2D eigenvalue weighted by Crippen LogP contribution is -2.22. The molecule has 0 aromatic heterocycles. The molecule has 0 aliphatic rings. The van der Waals surface area contributed by atoms with Crippen LogP contribution in [-0.2, 0) is 19.1 Å². The molecule has 0 fully saturated rings. The summed E-state index contributed by atoms with van der Waals surface area (Å²) in [6.07, 6.45) is 0.652. The van der Waals surface area contributed by atoms with Crippen LogP contribution in [0.15, 0.2) is 42.5 Å². The van der Waals surface area contributed by atoms with Gasteiger partial charge < -0.3 is 9.47 Å². The molecule has 0 heterocycles. The summed E-state index contributed by atoms with van der Waals surface area (Å²) in [7, 11) is 0. The Kier molecular flexibility index (Phi) is 7.37.